The largest absolute Gasteiger partial charge is 0.493 e. The molecule has 0 saturated carbocycles. The van der Waals surface area contributed by atoms with E-state index < -0.39 is 24.5 Å². The summed E-state index contributed by atoms with van der Waals surface area (Å²) in [4.78, 5) is 9.03. The second-order valence-electron chi connectivity index (χ2n) is 8.14. The number of ether oxygens (including phenoxy) is 3. The van der Waals surface area contributed by atoms with Crippen LogP contribution < -0.4 is 14.8 Å². The van der Waals surface area contributed by atoms with Crippen LogP contribution in [0.4, 0.5) is 11.5 Å². The zero-order valence-electron chi connectivity index (χ0n) is 19.0. The maximum Gasteiger partial charge on any atom is 0.164 e. The maximum absolute atomic E-state index is 10.7. The highest BCUT2D eigenvalue weighted by Gasteiger charge is 2.42. The van der Waals surface area contributed by atoms with Crippen LogP contribution in [0.1, 0.15) is 13.2 Å². The molecule has 4 atom stereocenters. The fourth-order valence-electron chi connectivity index (χ4n) is 4.32. The highest BCUT2D eigenvalue weighted by atomic mass is 16.6. The summed E-state index contributed by atoms with van der Waals surface area (Å²) in [6.45, 7) is 1.73. The molecule has 1 aliphatic heterocycles. The van der Waals surface area contributed by atoms with E-state index in [2.05, 4.69) is 15.3 Å². The monoisotopic (exact) mass is 462 g/mol. The molecule has 34 heavy (non-hydrogen) atoms. The van der Waals surface area contributed by atoms with Gasteiger partial charge in [-0.15, -0.1) is 0 Å². The molecule has 3 N–H and O–H groups in total. The number of aliphatic hydroxyl groups excluding tert-OH is 2. The van der Waals surface area contributed by atoms with E-state index in [1.807, 2.05) is 54.7 Å². The van der Waals surface area contributed by atoms with Gasteiger partial charge in [0.05, 0.1) is 25.7 Å². The van der Waals surface area contributed by atoms with Crippen LogP contribution in [-0.4, -0.2) is 57.3 Å². The SMILES string of the molecule is COc1ccc(Nc2ncnc3c2c(-c2ccccc2)cn3[C@@H]2O[C@H](C)[C@@H](O)[C@H]2O)cc1OC. The minimum Gasteiger partial charge on any atom is -0.493 e. The molecule has 0 radical (unpaired) electrons. The lowest BCUT2D eigenvalue weighted by molar-refractivity contribution is -0.0295. The van der Waals surface area contributed by atoms with E-state index in [9.17, 15) is 10.2 Å². The van der Waals surface area contributed by atoms with Gasteiger partial charge in [0.2, 0.25) is 0 Å². The van der Waals surface area contributed by atoms with Crippen molar-refractivity contribution in [1.29, 1.82) is 0 Å². The lowest BCUT2D eigenvalue weighted by atomic mass is 10.1. The predicted molar refractivity (Wildman–Crippen MR) is 127 cm³/mol. The quantitative estimate of drug-likeness (QED) is 0.399. The first kappa shape index (κ1) is 22.1. The number of hydrogen-bond acceptors (Lipinski definition) is 8. The average molecular weight is 463 g/mol. The van der Waals surface area contributed by atoms with Crippen molar-refractivity contribution in [3.63, 3.8) is 0 Å². The van der Waals surface area contributed by atoms with Gasteiger partial charge in [-0.05, 0) is 24.6 Å². The normalized spacial score (nSPS) is 22.1. The molecule has 1 saturated heterocycles. The first-order valence-corrected chi connectivity index (χ1v) is 10.9. The van der Waals surface area contributed by atoms with Crippen molar-refractivity contribution in [3.05, 3.63) is 61.1 Å². The molecule has 4 aromatic rings. The van der Waals surface area contributed by atoms with Crippen molar-refractivity contribution < 1.29 is 24.4 Å². The number of aliphatic hydroxyl groups is 2. The molecule has 176 valence electrons. The first-order chi connectivity index (χ1) is 16.5. The Morgan fingerprint density at radius 1 is 0.971 bits per heavy atom. The molecule has 0 unspecified atom stereocenters. The fourth-order valence-corrected chi connectivity index (χ4v) is 4.32. The van der Waals surface area contributed by atoms with Gasteiger partial charge in [0.1, 0.15) is 30.0 Å². The van der Waals surface area contributed by atoms with Gasteiger partial charge < -0.3 is 34.3 Å². The minimum atomic E-state index is -1.09. The summed E-state index contributed by atoms with van der Waals surface area (Å²) in [6.07, 6.45) is -0.0387. The summed E-state index contributed by atoms with van der Waals surface area (Å²) in [7, 11) is 3.17. The second kappa shape index (κ2) is 8.94. The van der Waals surface area contributed by atoms with E-state index in [0.29, 0.717) is 23.0 Å². The first-order valence-electron chi connectivity index (χ1n) is 10.9. The molecule has 2 aromatic heterocycles. The second-order valence-corrected chi connectivity index (χ2v) is 8.14. The Morgan fingerprint density at radius 2 is 1.74 bits per heavy atom. The highest BCUT2D eigenvalue weighted by molar-refractivity contribution is 6.02. The molecule has 0 aliphatic carbocycles. The number of aromatic nitrogens is 3. The molecule has 1 fully saturated rings. The van der Waals surface area contributed by atoms with Crippen molar-refractivity contribution in [2.45, 2.75) is 31.5 Å². The fraction of sp³-hybridized carbons (Fsp3) is 0.280. The Morgan fingerprint density at radius 3 is 2.41 bits per heavy atom. The van der Waals surface area contributed by atoms with Crippen molar-refractivity contribution in [1.82, 2.24) is 14.5 Å². The number of rotatable bonds is 6. The number of anilines is 2. The lowest BCUT2D eigenvalue weighted by Gasteiger charge is -2.17. The maximum atomic E-state index is 10.7. The number of nitrogens with one attached hydrogen (secondary N) is 1. The van der Waals surface area contributed by atoms with Crippen molar-refractivity contribution in [2.24, 2.45) is 0 Å². The molecule has 9 nitrogen and oxygen atoms in total. The van der Waals surface area contributed by atoms with Crippen LogP contribution in [0, 0.1) is 0 Å². The van der Waals surface area contributed by atoms with Gasteiger partial charge in [-0.2, -0.15) is 0 Å². The summed E-state index contributed by atoms with van der Waals surface area (Å²) >= 11 is 0. The van der Waals surface area contributed by atoms with E-state index in [0.717, 1.165) is 22.2 Å². The summed E-state index contributed by atoms with van der Waals surface area (Å²) in [5.41, 5.74) is 3.15. The van der Waals surface area contributed by atoms with Crippen LogP contribution >= 0.6 is 0 Å². The predicted octanol–water partition coefficient (Wildman–Crippen LogP) is 3.50. The molecule has 0 bridgehead atoms. The van der Waals surface area contributed by atoms with Crippen LogP contribution in [-0.2, 0) is 4.74 Å². The molecule has 2 aromatic carbocycles. The molecule has 5 rings (SSSR count). The van der Waals surface area contributed by atoms with E-state index in [1.165, 1.54) is 6.33 Å². The summed E-state index contributed by atoms with van der Waals surface area (Å²) < 4.78 is 18.4. The van der Waals surface area contributed by atoms with E-state index in [4.69, 9.17) is 14.2 Å². The molecule has 9 heteroatoms. The van der Waals surface area contributed by atoms with Gasteiger partial charge in [-0.3, -0.25) is 0 Å². The topological polar surface area (TPSA) is 111 Å². The minimum absolute atomic E-state index is 0.510. The third-order valence-corrected chi connectivity index (χ3v) is 6.09. The molecule has 1 aliphatic rings. The number of hydrogen-bond donors (Lipinski definition) is 3. The van der Waals surface area contributed by atoms with Gasteiger partial charge in [-0.25, -0.2) is 9.97 Å². The van der Waals surface area contributed by atoms with Gasteiger partial charge >= 0.3 is 0 Å². The zero-order chi connectivity index (χ0) is 23.8. The average Bonchev–Trinajstić information content (AvgIpc) is 3.38. The van der Waals surface area contributed by atoms with Crippen LogP contribution in [0.15, 0.2) is 61.1 Å². The lowest BCUT2D eigenvalue weighted by Crippen LogP contribution is -2.30. The molecule has 3 heterocycles. The van der Waals surface area contributed by atoms with Crippen molar-refractivity contribution >= 4 is 22.5 Å². The zero-order valence-corrected chi connectivity index (χ0v) is 19.0. The number of benzene rings is 2. The number of fused-ring (bicyclic) bond motifs is 1. The number of methoxy groups -OCH3 is 2. The Bertz CT molecular complexity index is 1310. The van der Waals surface area contributed by atoms with Crippen molar-refractivity contribution in [3.8, 4) is 22.6 Å². The Labute approximate surface area is 196 Å². The van der Waals surface area contributed by atoms with Gasteiger partial charge in [0.25, 0.3) is 0 Å². The Balaban J connectivity index is 1.66. The third-order valence-electron chi connectivity index (χ3n) is 6.09. The molecule has 0 spiro atoms. The molecule has 0 amide bonds. The summed E-state index contributed by atoms with van der Waals surface area (Å²) in [5.74, 6) is 1.79. The van der Waals surface area contributed by atoms with E-state index in [1.54, 1.807) is 25.7 Å². The van der Waals surface area contributed by atoms with Crippen LogP contribution in [0.2, 0.25) is 0 Å². The highest BCUT2D eigenvalue weighted by Crippen LogP contribution is 2.40. The molecular formula is C25H26N4O5. The van der Waals surface area contributed by atoms with Gasteiger partial charge in [-0.1, -0.05) is 30.3 Å². The Hall–Kier alpha value is -3.66. The molecular weight excluding hydrogens is 436 g/mol. The van der Waals surface area contributed by atoms with Gasteiger partial charge in [0, 0.05) is 23.5 Å². The van der Waals surface area contributed by atoms with Crippen molar-refractivity contribution in [2.75, 3.05) is 19.5 Å². The Kier molecular flexibility index (Phi) is 5.82. The van der Waals surface area contributed by atoms with Crippen LogP contribution in [0.3, 0.4) is 0 Å². The summed E-state index contributed by atoms with van der Waals surface area (Å²) in [6, 6.07) is 15.4. The third kappa shape index (κ3) is 3.73. The standard InChI is InChI=1S/C25H26N4O5/c1-14-21(30)22(31)25(34-14)29-12-17(15-7-5-4-6-8-15)20-23(26-13-27-24(20)29)28-16-9-10-18(32-2)19(11-16)33-3/h4-14,21-22,25,30-31H,1-3H3,(H,26,27,28)/t14-,21-,22-,25-/m1/s1. The van der Waals surface area contributed by atoms with E-state index in [-0.39, 0.29) is 0 Å². The van der Waals surface area contributed by atoms with E-state index >= 15 is 0 Å². The summed E-state index contributed by atoms with van der Waals surface area (Å²) in [5, 5.41) is 25.1. The van der Waals surface area contributed by atoms with Crippen LogP contribution in [0.25, 0.3) is 22.2 Å². The van der Waals surface area contributed by atoms with Gasteiger partial charge in [0.15, 0.2) is 17.7 Å². The number of nitrogens with zero attached hydrogens (tertiary/aromatic N) is 3. The smallest absolute Gasteiger partial charge is 0.164 e. The van der Waals surface area contributed by atoms with Crippen LogP contribution in [0.5, 0.6) is 11.5 Å².